The number of amides is 1. The van der Waals surface area contributed by atoms with E-state index in [9.17, 15) is 19.7 Å². The van der Waals surface area contributed by atoms with Crippen LogP contribution < -0.4 is 4.74 Å². The number of carbonyl (C=O) groups excluding carboxylic acids is 2. The summed E-state index contributed by atoms with van der Waals surface area (Å²) in [5, 5.41) is 10.8. The maximum atomic E-state index is 12.2. The van der Waals surface area contributed by atoms with Gasteiger partial charge in [-0.15, -0.1) is 0 Å². The van der Waals surface area contributed by atoms with Crippen molar-refractivity contribution in [1.29, 1.82) is 0 Å². The highest BCUT2D eigenvalue weighted by Gasteiger charge is 2.25. The largest absolute Gasteiger partial charge is 0.496 e. The molecular formula is C16H20N2O6. The zero-order valence-electron chi connectivity index (χ0n) is 13.7. The zero-order valence-corrected chi connectivity index (χ0v) is 13.7. The summed E-state index contributed by atoms with van der Waals surface area (Å²) in [6.45, 7) is 2.22. The normalized spacial score (nSPS) is 17.2. The number of ether oxygens (including phenoxy) is 2. The molecule has 0 aliphatic carbocycles. The fourth-order valence-corrected chi connectivity index (χ4v) is 2.73. The number of piperidine rings is 1. The Morgan fingerprint density at radius 2 is 2.12 bits per heavy atom. The molecule has 2 rings (SSSR count). The minimum absolute atomic E-state index is 0.0776. The Morgan fingerprint density at radius 3 is 2.75 bits per heavy atom. The second-order valence-corrected chi connectivity index (χ2v) is 5.65. The van der Waals surface area contributed by atoms with Crippen molar-refractivity contribution in [2.75, 3.05) is 20.3 Å². The van der Waals surface area contributed by atoms with E-state index in [0.717, 1.165) is 25.3 Å². The number of nitro groups is 1. The summed E-state index contributed by atoms with van der Waals surface area (Å²) in [5.41, 5.74) is -0.329. The van der Waals surface area contributed by atoms with Gasteiger partial charge in [-0.25, -0.2) is 4.79 Å². The third-order valence-corrected chi connectivity index (χ3v) is 4.06. The molecule has 1 aliphatic heterocycles. The molecule has 0 spiro atoms. The highest BCUT2D eigenvalue weighted by atomic mass is 16.6. The van der Waals surface area contributed by atoms with Crippen LogP contribution in [-0.2, 0) is 9.53 Å². The molecule has 1 saturated heterocycles. The predicted molar refractivity (Wildman–Crippen MR) is 85.0 cm³/mol. The summed E-state index contributed by atoms with van der Waals surface area (Å²) in [6.07, 6.45) is 2.94. The number of non-ortho nitro benzene ring substituents is 1. The van der Waals surface area contributed by atoms with Gasteiger partial charge < -0.3 is 14.4 Å². The SMILES string of the molecule is COc1ccc([N+](=O)[O-])cc1C(=O)OCC(=O)N1CCCC[C@@H]1C. The summed E-state index contributed by atoms with van der Waals surface area (Å²) in [4.78, 5) is 36.3. The van der Waals surface area contributed by atoms with Gasteiger partial charge in [0.2, 0.25) is 0 Å². The lowest BCUT2D eigenvalue weighted by Crippen LogP contribution is -2.44. The number of rotatable bonds is 5. The number of esters is 1. The minimum Gasteiger partial charge on any atom is -0.496 e. The number of nitrogens with zero attached hydrogens (tertiary/aromatic N) is 2. The molecule has 8 nitrogen and oxygen atoms in total. The Morgan fingerprint density at radius 1 is 1.38 bits per heavy atom. The van der Waals surface area contributed by atoms with Gasteiger partial charge in [-0.1, -0.05) is 0 Å². The van der Waals surface area contributed by atoms with Crippen molar-refractivity contribution in [3.8, 4) is 5.75 Å². The van der Waals surface area contributed by atoms with Crippen molar-refractivity contribution in [2.24, 2.45) is 0 Å². The molecule has 0 radical (unpaired) electrons. The highest BCUT2D eigenvalue weighted by molar-refractivity contribution is 5.94. The van der Waals surface area contributed by atoms with E-state index in [4.69, 9.17) is 9.47 Å². The van der Waals surface area contributed by atoms with Crippen LogP contribution in [0.5, 0.6) is 5.75 Å². The molecule has 1 aliphatic rings. The lowest BCUT2D eigenvalue weighted by atomic mass is 10.0. The molecule has 0 bridgehead atoms. The maximum Gasteiger partial charge on any atom is 0.342 e. The summed E-state index contributed by atoms with van der Waals surface area (Å²) in [5.74, 6) is -0.933. The smallest absolute Gasteiger partial charge is 0.342 e. The first kappa shape index (κ1) is 17.7. The van der Waals surface area contributed by atoms with Crippen molar-refractivity contribution < 1.29 is 24.0 Å². The van der Waals surface area contributed by atoms with E-state index in [2.05, 4.69) is 0 Å². The van der Waals surface area contributed by atoms with Crippen LogP contribution in [0.15, 0.2) is 18.2 Å². The number of carbonyl (C=O) groups is 2. The predicted octanol–water partition coefficient (Wildman–Crippen LogP) is 2.16. The fraction of sp³-hybridized carbons (Fsp3) is 0.500. The molecule has 24 heavy (non-hydrogen) atoms. The van der Waals surface area contributed by atoms with Crippen LogP contribution in [0.1, 0.15) is 36.5 Å². The molecule has 1 atom stereocenters. The molecule has 8 heteroatoms. The third-order valence-electron chi connectivity index (χ3n) is 4.06. The highest BCUT2D eigenvalue weighted by Crippen LogP contribution is 2.25. The van der Waals surface area contributed by atoms with Gasteiger partial charge in [0.15, 0.2) is 6.61 Å². The fourth-order valence-electron chi connectivity index (χ4n) is 2.73. The molecule has 1 aromatic rings. The van der Waals surface area contributed by atoms with Crippen molar-refractivity contribution in [3.63, 3.8) is 0 Å². The topological polar surface area (TPSA) is 99.0 Å². The van der Waals surface area contributed by atoms with Crippen molar-refractivity contribution in [2.45, 2.75) is 32.2 Å². The zero-order chi connectivity index (χ0) is 17.7. The number of nitro benzene ring substituents is 1. The van der Waals surface area contributed by atoms with E-state index in [1.807, 2.05) is 6.92 Å². The second kappa shape index (κ2) is 7.76. The Kier molecular flexibility index (Phi) is 5.73. The number of likely N-dealkylation sites (tertiary alicyclic amines) is 1. The monoisotopic (exact) mass is 336 g/mol. The standard InChI is InChI=1S/C16H20N2O6/c1-11-5-3-4-8-17(11)15(19)10-24-16(20)13-9-12(18(21)22)6-7-14(13)23-2/h6-7,9,11H,3-5,8,10H2,1-2H3/t11-/m0/s1. The van der Waals surface area contributed by atoms with Gasteiger partial charge in [-0.3, -0.25) is 14.9 Å². The van der Waals surface area contributed by atoms with Gasteiger partial charge in [0.25, 0.3) is 11.6 Å². The molecular weight excluding hydrogens is 316 g/mol. The molecule has 0 unspecified atom stereocenters. The van der Waals surface area contributed by atoms with E-state index in [1.54, 1.807) is 4.90 Å². The first-order valence-electron chi connectivity index (χ1n) is 7.73. The summed E-state index contributed by atoms with van der Waals surface area (Å²) >= 11 is 0. The first-order valence-corrected chi connectivity index (χ1v) is 7.73. The van der Waals surface area contributed by atoms with Crippen LogP contribution in [0, 0.1) is 10.1 Å². The molecule has 1 amide bonds. The molecule has 130 valence electrons. The molecule has 1 fully saturated rings. The molecule has 1 heterocycles. The Bertz CT molecular complexity index is 645. The van der Waals surface area contributed by atoms with Crippen LogP contribution in [0.3, 0.4) is 0 Å². The van der Waals surface area contributed by atoms with Crippen molar-refractivity contribution in [1.82, 2.24) is 4.90 Å². The summed E-state index contributed by atoms with van der Waals surface area (Å²) < 4.78 is 10.1. The molecule has 1 aromatic carbocycles. The molecule has 0 saturated carbocycles. The first-order chi connectivity index (χ1) is 11.4. The Labute approximate surface area is 139 Å². The number of methoxy groups -OCH3 is 1. The van der Waals surface area contributed by atoms with E-state index < -0.39 is 17.5 Å². The van der Waals surface area contributed by atoms with Gasteiger partial charge in [-0.2, -0.15) is 0 Å². The number of hydrogen-bond donors (Lipinski definition) is 0. The van der Waals surface area contributed by atoms with Crippen molar-refractivity contribution in [3.05, 3.63) is 33.9 Å². The quantitative estimate of drug-likeness (QED) is 0.464. The average Bonchev–Trinajstić information content (AvgIpc) is 2.59. The van der Waals surface area contributed by atoms with Crippen LogP contribution in [0.4, 0.5) is 5.69 Å². The molecule has 0 N–H and O–H groups in total. The van der Waals surface area contributed by atoms with Crippen LogP contribution in [-0.4, -0.2) is 48.0 Å². The number of hydrogen-bond acceptors (Lipinski definition) is 6. The average molecular weight is 336 g/mol. The second-order valence-electron chi connectivity index (χ2n) is 5.65. The third kappa shape index (κ3) is 4.01. The summed E-state index contributed by atoms with van der Waals surface area (Å²) in [7, 11) is 1.35. The van der Waals surface area contributed by atoms with Crippen molar-refractivity contribution >= 4 is 17.6 Å². The van der Waals surface area contributed by atoms with E-state index in [1.165, 1.54) is 19.2 Å². The van der Waals surface area contributed by atoms with Gasteiger partial charge in [-0.05, 0) is 32.3 Å². The summed E-state index contributed by atoms with van der Waals surface area (Å²) in [6, 6.07) is 3.76. The van der Waals surface area contributed by atoms with E-state index in [-0.39, 0.29) is 28.9 Å². The van der Waals surface area contributed by atoms with E-state index >= 15 is 0 Å². The van der Waals surface area contributed by atoms with E-state index in [0.29, 0.717) is 6.54 Å². The Hall–Kier alpha value is -2.64. The van der Waals surface area contributed by atoms with Gasteiger partial charge in [0.05, 0.1) is 12.0 Å². The lowest BCUT2D eigenvalue weighted by Gasteiger charge is -2.33. The van der Waals surface area contributed by atoms with Gasteiger partial charge >= 0.3 is 5.97 Å². The van der Waals surface area contributed by atoms with Crippen LogP contribution in [0.25, 0.3) is 0 Å². The lowest BCUT2D eigenvalue weighted by molar-refractivity contribution is -0.384. The van der Waals surface area contributed by atoms with Gasteiger partial charge in [0, 0.05) is 24.7 Å². The molecule has 0 aromatic heterocycles. The number of benzene rings is 1. The maximum absolute atomic E-state index is 12.2. The van der Waals surface area contributed by atoms with Crippen LogP contribution >= 0.6 is 0 Å². The minimum atomic E-state index is -0.825. The van der Waals surface area contributed by atoms with Crippen LogP contribution in [0.2, 0.25) is 0 Å². The van der Waals surface area contributed by atoms with Gasteiger partial charge in [0.1, 0.15) is 11.3 Å². The Balaban J connectivity index is 2.05.